The van der Waals surface area contributed by atoms with Crippen molar-refractivity contribution in [2.45, 2.75) is 39.0 Å². The maximum absolute atomic E-state index is 12.4. The van der Waals surface area contributed by atoms with E-state index in [0.29, 0.717) is 11.0 Å². The second-order valence-electron chi connectivity index (χ2n) is 4.00. The number of halogens is 3. The zero-order valence-electron chi connectivity index (χ0n) is 11.0. The molecule has 1 rings (SSSR count). The molecule has 1 aromatic heterocycles. The van der Waals surface area contributed by atoms with Crippen LogP contribution in [0.15, 0.2) is 10.4 Å². The molecule has 0 aliphatic heterocycles. The normalized spacial score (nSPS) is 14.3. The molecule has 0 radical (unpaired) electrons. The maximum Gasteiger partial charge on any atom is 0.434 e. The van der Waals surface area contributed by atoms with Gasteiger partial charge in [0.05, 0.1) is 6.54 Å². The fourth-order valence-electron chi connectivity index (χ4n) is 1.21. The van der Waals surface area contributed by atoms with Gasteiger partial charge in [-0.3, -0.25) is 4.99 Å². The molecule has 1 aromatic rings. The van der Waals surface area contributed by atoms with Crippen LogP contribution in [0.5, 0.6) is 0 Å². The number of hydrogen-bond acceptors (Lipinski definition) is 3. The molecule has 0 aliphatic rings. The molecule has 0 saturated carbocycles. The topological polar surface area (TPSA) is 49.3 Å². The van der Waals surface area contributed by atoms with Gasteiger partial charge < -0.3 is 10.6 Å². The van der Waals surface area contributed by atoms with Crippen molar-refractivity contribution in [2.24, 2.45) is 4.99 Å². The lowest BCUT2D eigenvalue weighted by Gasteiger charge is -2.15. The van der Waals surface area contributed by atoms with Crippen LogP contribution in [-0.4, -0.2) is 24.0 Å². The van der Waals surface area contributed by atoms with Crippen LogP contribution in [-0.2, 0) is 12.7 Å². The van der Waals surface area contributed by atoms with E-state index in [2.05, 4.69) is 20.6 Å². The summed E-state index contributed by atoms with van der Waals surface area (Å²) in [5.74, 6) is 0.554. The molecule has 0 aliphatic carbocycles. The van der Waals surface area contributed by atoms with E-state index in [4.69, 9.17) is 0 Å². The summed E-state index contributed by atoms with van der Waals surface area (Å²) in [7, 11) is 1.61. The average Bonchev–Trinajstić information content (AvgIpc) is 2.82. The van der Waals surface area contributed by atoms with Gasteiger partial charge in [-0.05, 0) is 13.3 Å². The van der Waals surface area contributed by atoms with E-state index in [9.17, 15) is 13.2 Å². The zero-order chi connectivity index (χ0) is 14.5. The predicted molar refractivity (Wildman–Crippen MR) is 70.2 cm³/mol. The number of aromatic nitrogens is 1. The SMILES string of the molecule is CCC(C)NC(=NC)NCc1nc(C(F)(F)F)cs1. The number of hydrogen-bond donors (Lipinski definition) is 2. The van der Waals surface area contributed by atoms with E-state index < -0.39 is 11.9 Å². The Morgan fingerprint density at radius 1 is 1.53 bits per heavy atom. The minimum Gasteiger partial charge on any atom is -0.354 e. The van der Waals surface area contributed by atoms with Crippen LogP contribution in [0.3, 0.4) is 0 Å². The number of alkyl halides is 3. The standard InChI is InChI=1S/C11H17F3N4S/c1-4-7(2)17-10(15-3)16-5-9-18-8(6-19-9)11(12,13)14/h6-7H,4-5H2,1-3H3,(H2,15,16,17). The Morgan fingerprint density at radius 3 is 2.68 bits per heavy atom. The second-order valence-corrected chi connectivity index (χ2v) is 4.95. The van der Waals surface area contributed by atoms with Gasteiger partial charge in [-0.1, -0.05) is 6.92 Å². The van der Waals surface area contributed by atoms with Crippen LogP contribution < -0.4 is 10.6 Å². The van der Waals surface area contributed by atoms with Gasteiger partial charge in [0.25, 0.3) is 0 Å². The van der Waals surface area contributed by atoms with Crippen molar-refractivity contribution in [3.05, 3.63) is 16.1 Å². The minimum atomic E-state index is -4.38. The molecule has 0 amide bonds. The average molecular weight is 294 g/mol. The Bertz CT molecular complexity index is 428. The third kappa shape index (κ3) is 5.06. The smallest absolute Gasteiger partial charge is 0.354 e. The first-order valence-corrected chi connectivity index (χ1v) is 6.73. The highest BCUT2D eigenvalue weighted by atomic mass is 32.1. The molecule has 19 heavy (non-hydrogen) atoms. The molecular formula is C11H17F3N4S. The molecule has 8 heteroatoms. The highest BCUT2D eigenvalue weighted by Crippen LogP contribution is 2.29. The van der Waals surface area contributed by atoms with E-state index in [1.165, 1.54) is 0 Å². The zero-order valence-corrected chi connectivity index (χ0v) is 11.8. The Balaban J connectivity index is 2.54. The molecule has 0 bridgehead atoms. The number of thiazole rings is 1. The Kier molecular flexibility index (Phi) is 5.59. The Morgan fingerprint density at radius 2 is 2.21 bits per heavy atom. The lowest BCUT2D eigenvalue weighted by molar-refractivity contribution is -0.140. The van der Waals surface area contributed by atoms with Gasteiger partial charge in [0.2, 0.25) is 0 Å². The molecular weight excluding hydrogens is 277 g/mol. The van der Waals surface area contributed by atoms with E-state index in [1.54, 1.807) is 7.05 Å². The lowest BCUT2D eigenvalue weighted by Crippen LogP contribution is -2.41. The third-order valence-corrected chi connectivity index (χ3v) is 3.32. The molecule has 4 nitrogen and oxygen atoms in total. The van der Waals surface area contributed by atoms with Gasteiger partial charge in [0.1, 0.15) is 5.01 Å². The molecule has 0 saturated heterocycles. The quantitative estimate of drug-likeness (QED) is 0.663. The van der Waals surface area contributed by atoms with Crippen molar-refractivity contribution in [3.8, 4) is 0 Å². The largest absolute Gasteiger partial charge is 0.434 e. The molecule has 1 unspecified atom stereocenters. The van der Waals surface area contributed by atoms with Gasteiger partial charge in [0, 0.05) is 18.5 Å². The molecule has 0 aromatic carbocycles. The fraction of sp³-hybridized carbons (Fsp3) is 0.636. The second kappa shape index (κ2) is 6.74. The van der Waals surface area contributed by atoms with Crippen LogP contribution in [0.2, 0.25) is 0 Å². The maximum atomic E-state index is 12.4. The Hall–Kier alpha value is -1.31. The van der Waals surface area contributed by atoms with Gasteiger partial charge >= 0.3 is 6.18 Å². The summed E-state index contributed by atoms with van der Waals surface area (Å²) in [6, 6.07) is 0.244. The number of rotatable bonds is 4. The monoisotopic (exact) mass is 294 g/mol. The van der Waals surface area contributed by atoms with E-state index >= 15 is 0 Å². The molecule has 1 atom stereocenters. The van der Waals surface area contributed by atoms with Crippen molar-refractivity contribution in [1.82, 2.24) is 15.6 Å². The summed E-state index contributed by atoms with van der Waals surface area (Å²) < 4.78 is 37.1. The van der Waals surface area contributed by atoms with Crippen LogP contribution in [0, 0.1) is 0 Å². The summed E-state index contributed by atoms with van der Waals surface area (Å²) in [6.45, 7) is 4.25. The summed E-state index contributed by atoms with van der Waals surface area (Å²) in [5.41, 5.74) is -0.848. The highest BCUT2D eigenvalue weighted by molar-refractivity contribution is 7.09. The van der Waals surface area contributed by atoms with Crippen LogP contribution in [0.1, 0.15) is 31.0 Å². The lowest BCUT2D eigenvalue weighted by atomic mass is 10.3. The summed E-state index contributed by atoms with van der Waals surface area (Å²) in [6.07, 6.45) is -3.46. The molecule has 2 N–H and O–H groups in total. The first-order valence-electron chi connectivity index (χ1n) is 5.85. The van der Waals surface area contributed by atoms with Gasteiger partial charge in [0.15, 0.2) is 11.7 Å². The minimum absolute atomic E-state index is 0.219. The van der Waals surface area contributed by atoms with Gasteiger partial charge in [-0.25, -0.2) is 4.98 Å². The van der Waals surface area contributed by atoms with E-state index in [-0.39, 0.29) is 12.6 Å². The van der Waals surface area contributed by atoms with Crippen molar-refractivity contribution in [3.63, 3.8) is 0 Å². The van der Waals surface area contributed by atoms with Crippen molar-refractivity contribution in [1.29, 1.82) is 0 Å². The van der Waals surface area contributed by atoms with Crippen LogP contribution in [0.25, 0.3) is 0 Å². The molecule has 0 fully saturated rings. The van der Waals surface area contributed by atoms with E-state index in [1.807, 2.05) is 13.8 Å². The number of nitrogens with one attached hydrogen (secondary N) is 2. The van der Waals surface area contributed by atoms with E-state index in [0.717, 1.165) is 23.1 Å². The highest BCUT2D eigenvalue weighted by Gasteiger charge is 2.33. The third-order valence-electron chi connectivity index (χ3n) is 2.47. The summed E-state index contributed by atoms with van der Waals surface area (Å²) in [5, 5.41) is 7.44. The molecule has 108 valence electrons. The van der Waals surface area contributed by atoms with Crippen molar-refractivity contribution < 1.29 is 13.2 Å². The molecule has 1 heterocycles. The summed E-state index contributed by atoms with van der Waals surface area (Å²) in [4.78, 5) is 7.53. The first kappa shape index (κ1) is 15.7. The van der Waals surface area contributed by atoms with Crippen LogP contribution >= 0.6 is 11.3 Å². The van der Waals surface area contributed by atoms with Crippen molar-refractivity contribution >= 4 is 17.3 Å². The van der Waals surface area contributed by atoms with Gasteiger partial charge in [-0.15, -0.1) is 11.3 Å². The molecule has 0 spiro atoms. The number of aliphatic imine (C=N–C) groups is 1. The van der Waals surface area contributed by atoms with Crippen molar-refractivity contribution in [2.75, 3.05) is 7.05 Å². The van der Waals surface area contributed by atoms with Crippen LogP contribution in [0.4, 0.5) is 13.2 Å². The number of guanidine groups is 1. The number of nitrogens with zero attached hydrogens (tertiary/aromatic N) is 2. The van der Waals surface area contributed by atoms with Gasteiger partial charge in [-0.2, -0.15) is 13.2 Å². The fourth-order valence-corrected chi connectivity index (χ4v) is 1.95. The first-order chi connectivity index (χ1) is 8.86. The summed E-state index contributed by atoms with van der Waals surface area (Å²) >= 11 is 0.977. The predicted octanol–water partition coefficient (Wildman–Crippen LogP) is 2.63. The Labute approximate surface area is 114 Å².